The van der Waals surface area contributed by atoms with E-state index >= 15 is 0 Å². The summed E-state index contributed by atoms with van der Waals surface area (Å²) in [4.78, 5) is 14.0. The molecule has 0 saturated heterocycles. The zero-order valence-electron chi connectivity index (χ0n) is 8.98. The van der Waals surface area contributed by atoms with E-state index in [1.807, 2.05) is 6.07 Å². The Morgan fingerprint density at radius 3 is 3.06 bits per heavy atom. The normalized spacial score (nSPS) is 10.9. The number of hydrogen-bond donors (Lipinski definition) is 2. The van der Waals surface area contributed by atoms with E-state index in [2.05, 4.69) is 10.1 Å². The summed E-state index contributed by atoms with van der Waals surface area (Å²) in [6, 6.07) is 5.38. The SMILES string of the molecule is O=C(O)c1cnoc1-c1c[nH]c2c(Cl)cccc12. The van der Waals surface area contributed by atoms with Crippen LogP contribution < -0.4 is 0 Å². The Labute approximate surface area is 106 Å². The highest BCUT2D eigenvalue weighted by Crippen LogP contribution is 2.33. The first-order chi connectivity index (χ1) is 8.68. The second kappa shape index (κ2) is 3.89. The second-order valence-electron chi connectivity index (χ2n) is 3.74. The molecule has 3 rings (SSSR count). The summed E-state index contributed by atoms with van der Waals surface area (Å²) in [5.74, 6) is -0.862. The number of aromatic amines is 1. The first kappa shape index (κ1) is 10.9. The van der Waals surface area contributed by atoms with Gasteiger partial charge in [-0.1, -0.05) is 28.9 Å². The third-order valence-corrected chi connectivity index (χ3v) is 3.03. The van der Waals surface area contributed by atoms with Crippen molar-refractivity contribution in [1.82, 2.24) is 10.1 Å². The van der Waals surface area contributed by atoms with Crippen molar-refractivity contribution >= 4 is 28.5 Å². The summed E-state index contributed by atoms with van der Waals surface area (Å²) in [6.07, 6.45) is 2.84. The van der Waals surface area contributed by atoms with Gasteiger partial charge in [-0.05, 0) is 6.07 Å². The lowest BCUT2D eigenvalue weighted by atomic mass is 10.1. The summed E-state index contributed by atoms with van der Waals surface area (Å²) < 4.78 is 5.02. The molecular formula is C12H7ClN2O3. The number of H-pyrrole nitrogens is 1. The Bertz CT molecular complexity index is 745. The maximum absolute atomic E-state index is 11.0. The molecule has 0 aliphatic carbocycles. The summed E-state index contributed by atoms with van der Waals surface area (Å²) in [5, 5.41) is 13.9. The molecule has 5 nitrogen and oxygen atoms in total. The highest BCUT2D eigenvalue weighted by molar-refractivity contribution is 6.35. The largest absolute Gasteiger partial charge is 0.477 e. The zero-order valence-corrected chi connectivity index (χ0v) is 9.73. The molecule has 6 heteroatoms. The number of carboxylic acids is 1. The molecular weight excluding hydrogens is 256 g/mol. The third kappa shape index (κ3) is 1.48. The third-order valence-electron chi connectivity index (χ3n) is 2.71. The van der Waals surface area contributed by atoms with Crippen LogP contribution in [0.25, 0.3) is 22.2 Å². The maximum atomic E-state index is 11.0. The van der Waals surface area contributed by atoms with Gasteiger partial charge in [0.15, 0.2) is 5.76 Å². The molecule has 0 radical (unpaired) electrons. The molecule has 0 spiro atoms. The van der Waals surface area contributed by atoms with Crippen LogP contribution in [0.4, 0.5) is 0 Å². The average molecular weight is 263 g/mol. The number of carbonyl (C=O) groups is 1. The van der Waals surface area contributed by atoms with Crippen LogP contribution in [0.2, 0.25) is 5.02 Å². The number of nitrogens with zero attached hydrogens (tertiary/aromatic N) is 1. The monoisotopic (exact) mass is 262 g/mol. The first-order valence-electron chi connectivity index (χ1n) is 5.12. The summed E-state index contributed by atoms with van der Waals surface area (Å²) >= 11 is 6.04. The smallest absolute Gasteiger partial charge is 0.341 e. The number of fused-ring (bicyclic) bond motifs is 1. The number of para-hydroxylation sites is 1. The van der Waals surface area contributed by atoms with Gasteiger partial charge in [-0.25, -0.2) is 4.79 Å². The van der Waals surface area contributed by atoms with Crippen LogP contribution in [-0.2, 0) is 0 Å². The van der Waals surface area contributed by atoms with Crippen LogP contribution in [0, 0.1) is 0 Å². The number of carboxylic acid groups (broad SMARTS) is 1. The molecule has 2 heterocycles. The fourth-order valence-electron chi connectivity index (χ4n) is 1.89. The van der Waals surface area contributed by atoms with Crippen LogP contribution in [-0.4, -0.2) is 21.2 Å². The molecule has 0 aliphatic rings. The minimum absolute atomic E-state index is 0.0240. The zero-order chi connectivity index (χ0) is 12.7. The Kier molecular flexibility index (Phi) is 2.34. The maximum Gasteiger partial charge on any atom is 0.341 e. The average Bonchev–Trinajstić information content (AvgIpc) is 2.94. The number of halogens is 1. The Hall–Kier alpha value is -2.27. The fourth-order valence-corrected chi connectivity index (χ4v) is 2.12. The van der Waals surface area contributed by atoms with Crippen LogP contribution >= 0.6 is 11.6 Å². The number of rotatable bonds is 2. The van der Waals surface area contributed by atoms with Crippen molar-refractivity contribution in [1.29, 1.82) is 0 Å². The summed E-state index contributed by atoms with van der Waals surface area (Å²) in [5.41, 5.74) is 1.39. The van der Waals surface area contributed by atoms with Gasteiger partial charge in [-0.2, -0.15) is 0 Å². The van der Waals surface area contributed by atoms with Crippen molar-refractivity contribution in [3.63, 3.8) is 0 Å². The Morgan fingerprint density at radius 1 is 1.44 bits per heavy atom. The molecule has 0 saturated carbocycles. The highest BCUT2D eigenvalue weighted by Gasteiger charge is 2.20. The van der Waals surface area contributed by atoms with Crippen LogP contribution in [0.3, 0.4) is 0 Å². The minimum atomic E-state index is -1.08. The number of nitrogens with one attached hydrogen (secondary N) is 1. The molecule has 0 fully saturated rings. The van der Waals surface area contributed by atoms with Gasteiger partial charge >= 0.3 is 5.97 Å². The predicted molar refractivity (Wildman–Crippen MR) is 65.8 cm³/mol. The van der Waals surface area contributed by atoms with Crippen molar-refractivity contribution in [3.05, 3.63) is 41.2 Å². The standard InChI is InChI=1S/C12H7ClN2O3/c13-9-3-1-2-6-7(4-14-10(6)9)11-8(12(16)17)5-15-18-11/h1-5,14H,(H,16,17). The number of benzene rings is 1. The number of aromatic carboxylic acids is 1. The topological polar surface area (TPSA) is 79.1 Å². The van der Waals surface area contributed by atoms with Gasteiger partial charge in [0.2, 0.25) is 0 Å². The summed E-state index contributed by atoms with van der Waals surface area (Å²) in [6.45, 7) is 0. The quantitative estimate of drug-likeness (QED) is 0.743. The van der Waals surface area contributed by atoms with E-state index in [4.69, 9.17) is 21.2 Å². The lowest BCUT2D eigenvalue weighted by Gasteiger charge is -1.96. The van der Waals surface area contributed by atoms with Gasteiger partial charge in [0.05, 0.1) is 16.7 Å². The van der Waals surface area contributed by atoms with Crippen LogP contribution in [0.15, 0.2) is 35.1 Å². The first-order valence-corrected chi connectivity index (χ1v) is 5.50. The number of hydrogen-bond acceptors (Lipinski definition) is 3. The highest BCUT2D eigenvalue weighted by atomic mass is 35.5. The Morgan fingerprint density at radius 2 is 2.28 bits per heavy atom. The molecule has 0 atom stereocenters. The van der Waals surface area contributed by atoms with Crippen LogP contribution in [0.1, 0.15) is 10.4 Å². The van der Waals surface area contributed by atoms with E-state index in [0.717, 1.165) is 10.9 Å². The van der Waals surface area contributed by atoms with E-state index in [9.17, 15) is 4.79 Å². The molecule has 1 aromatic carbocycles. The van der Waals surface area contributed by atoms with Crippen molar-refractivity contribution in [2.75, 3.05) is 0 Å². The molecule has 18 heavy (non-hydrogen) atoms. The molecule has 0 amide bonds. The Balaban J connectivity index is 2.29. The molecule has 2 aromatic heterocycles. The van der Waals surface area contributed by atoms with E-state index in [1.165, 1.54) is 6.20 Å². The molecule has 0 unspecified atom stereocenters. The van der Waals surface area contributed by atoms with Gasteiger partial charge in [-0.15, -0.1) is 0 Å². The van der Waals surface area contributed by atoms with E-state index in [-0.39, 0.29) is 11.3 Å². The lowest BCUT2D eigenvalue weighted by molar-refractivity contribution is 0.0697. The molecule has 3 aromatic rings. The minimum Gasteiger partial charge on any atom is -0.477 e. The predicted octanol–water partition coefficient (Wildman–Crippen LogP) is 3.17. The van der Waals surface area contributed by atoms with Crippen molar-refractivity contribution in [2.45, 2.75) is 0 Å². The molecule has 90 valence electrons. The summed E-state index contributed by atoms with van der Waals surface area (Å²) in [7, 11) is 0. The molecule has 2 N–H and O–H groups in total. The lowest BCUT2D eigenvalue weighted by Crippen LogP contribution is -1.95. The van der Waals surface area contributed by atoms with Crippen molar-refractivity contribution in [2.24, 2.45) is 0 Å². The van der Waals surface area contributed by atoms with Gasteiger partial charge < -0.3 is 14.6 Å². The van der Waals surface area contributed by atoms with Crippen molar-refractivity contribution in [3.8, 4) is 11.3 Å². The second-order valence-corrected chi connectivity index (χ2v) is 4.15. The fraction of sp³-hybridized carbons (Fsp3) is 0. The van der Waals surface area contributed by atoms with Crippen LogP contribution in [0.5, 0.6) is 0 Å². The number of aromatic nitrogens is 2. The van der Waals surface area contributed by atoms with E-state index in [0.29, 0.717) is 10.6 Å². The van der Waals surface area contributed by atoms with Gasteiger partial charge in [-0.3, -0.25) is 0 Å². The van der Waals surface area contributed by atoms with Gasteiger partial charge in [0.25, 0.3) is 0 Å². The molecule has 0 aliphatic heterocycles. The van der Waals surface area contributed by atoms with Crippen molar-refractivity contribution < 1.29 is 14.4 Å². The van der Waals surface area contributed by atoms with E-state index in [1.54, 1.807) is 18.3 Å². The van der Waals surface area contributed by atoms with Gasteiger partial charge in [0.1, 0.15) is 5.56 Å². The van der Waals surface area contributed by atoms with Gasteiger partial charge in [0, 0.05) is 17.1 Å². The molecule has 0 bridgehead atoms. The van der Waals surface area contributed by atoms with E-state index < -0.39 is 5.97 Å².